The van der Waals surface area contributed by atoms with Crippen molar-refractivity contribution >= 4 is 27.3 Å². The van der Waals surface area contributed by atoms with Gasteiger partial charge in [0.05, 0.1) is 6.04 Å². The van der Waals surface area contributed by atoms with Crippen LogP contribution in [-0.4, -0.2) is 4.98 Å². The summed E-state index contributed by atoms with van der Waals surface area (Å²) in [6, 6.07) is 4.33. The average molecular weight is 312 g/mol. The van der Waals surface area contributed by atoms with E-state index in [1.54, 1.807) is 17.5 Å². The van der Waals surface area contributed by atoms with Gasteiger partial charge in [0.15, 0.2) is 0 Å². The summed E-state index contributed by atoms with van der Waals surface area (Å²) in [5, 5.41) is 2.09. The summed E-state index contributed by atoms with van der Waals surface area (Å²) in [5.74, 6) is 5.64. The fraction of sp³-hybridized carbons (Fsp3) is 0.250. The smallest absolute Gasteiger partial charge is 0.0596 e. The SMILES string of the molecule is Cc1ccsc1C(Cc1cncc(Br)c1)NN. The summed E-state index contributed by atoms with van der Waals surface area (Å²) in [4.78, 5) is 5.45. The molecule has 2 aromatic rings. The van der Waals surface area contributed by atoms with Crippen LogP contribution in [0.25, 0.3) is 0 Å². The van der Waals surface area contributed by atoms with Crippen molar-refractivity contribution in [1.29, 1.82) is 0 Å². The number of nitrogens with zero attached hydrogens (tertiary/aromatic N) is 1. The second-order valence-electron chi connectivity index (χ2n) is 3.90. The van der Waals surface area contributed by atoms with Gasteiger partial charge in [0.2, 0.25) is 0 Å². The van der Waals surface area contributed by atoms with Crippen LogP contribution >= 0.6 is 27.3 Å². The van der Waals surface area contributed by atoms with Crippen LogP contribution in [-0.2, 0) is 6.42 Å². The second kappa shape index (κ2) is 5.73. The molecule has 3 nitrogen and oxygen atoms in total. The highest BCUT2D eigenvalue weighted by Gasteiger charge is 2.14. The first-order valence-corrected chi connectivity index (χ1v) is 6.97. The number of pyridine rings is 1. The van der Waals surface area contributed by atoms with Crippen LogP contribution < -0.4 is 11.3 Å². The predicted molar refractivity (Wildman–Crippen MR) is 74.8 cm³/mol. The Morgan fingerprint density at radius 3 is 2.94 bits per heavy atom. The molecule has 1 atom stereocenters. The maximum atomic E-state index is 5.64. The maximum Gasteiger partial charge on any atom is 0.0596 e. The monoisotopic (exact) mass is 311 g/mol. The molecule has 0 radical (unpaired) electrons. The number of hydrazine groups is 1. The van der Waals surface area contributed by atoms with Gasteiger partial charge in [-0.1, -0.05) is 0 Å². The van der Waals surface area contributed by atoms with E-state index in [1.807, 2.05) is 6.20 Å². The van der Waals surface area contributed by atoms with Crippen LogP contribution in [0.5, 0.6) is 0 Å². The minimum absolute atomic E-state index is 0.145. The number of hydrogen-bond donors (Lipinski definition) is 2. The molecule has 0 aliphatic rings. The zero-order valence-corrected chi connectivity index (χ0v) is 11.9. The zero-order valence-electron chi connectivity index (χ0n) is 9.48. The highest BCUT2D eigenvalue weighted by molar-refractivity contribution is 9.10. The van der Waals surface area contributed by atoms with E-state index in [4.69, 9.17) is 5.84 Å². The van der Waals surface area contributed by atoms with E-state index in [0.717, 1.165) is 16.5 Å². The molecule has 0 fully saturated rings. The molecule has 5 heteroatoms. The van der Waals surface area contributed by atoms with Crippen molar-refractivity contribution in [3.8, 4) is 0 Å². The summed E-state index contributed by atoms with van der Waals surface area (Å²) in [6.45, 7) is 2.11. The van der Waals surface area contributed by atoms with Gasteiger partial charge in [-0.25, -0.2) is 0 Å². The molecule has 17 heavy (non-hydrogen) atoms. The third-order valence-electron chi connectivity index (χ3n) is 2.62. The molecule has 2 heterocycles. The number of halogens is 1. The Morgan fingerprint density at radius 2 is 2.35 bits per heavy atom. The van der Waals surface area contributed by atoms with E-state index in [0.29, 0.717) is 0 Å². The Kier molecular flexibility index (Phi) is 4.28. The molecule has 0 spiro atoms. The zero-order chi connectivity index (χ0) is 12.3. The van der Waals surface area contributed by atoms with E-state index >= 15 is 0 Å². The van der Waals surface area contributed by atoms with Gasteiger partial charge in [0, 0.05) is 21.7 Å². The van der Waals surface area contributed by atoms with Gasteiger partial charge in [0.1, 0.15) is 0 Å². The molecule has 0 saturated carbocycles. The lowest BCUT2D eigenvalue weighted by Gasteiger charge is -2.15. The summed E-state index contributed by atoms with van der Waals surface area (Å²) in [5.41, 5.74) is 5.32. The fourth-order valence-electron chi connectivity index (χ4n) is 1.77. The van der Waals surface area contributed by atoms with E-state index < -0.39 is 0 Å². The Balaban J connectivity index is 2.19. The van der Waals surface area contributed by atoms with Crippen molar-refractivity contribution in [3.63, 3.8) is 0 Å². The summed E-state index contributed by atoms with van der Waals surface area (Å²) >= 11 is 5.16. The number of aromatic nitrogens is 1. The van der Waals surface area contributed by atoms with Gasteiger partial charge in [-0.05, 0) is 57.9 Å². The third kappa shape index (κ3) is 3.13. The number of thiophene rings is 1. The highest BCUT2D eigenvalue weighted by atomic mass is 79.9. The Bertz CT molecular complexity index is 498. The number of rotatable bonds is 4. The van der Waals surface area contributed by atoms with Gasteiger partial charge < -0.3 is 0 Å². The number of nitrogens with two attached hydrogens (primary N) is 1. The third-order valence-corrected chi connectivity index (χ3v) is 4.19. The van der Waals surface area contributed by atoms with Crippen molar-refractivity contribution < 1.29 is 0 Å². The van der Waals surface area contributed by atoms with Crippen LogP contribution in [0.3, 0.4) is 0 Å². The minimum Gasteiger partial charge on any atom is -0.271 e. The number of nitrogens with one attached hydrogen (secondary N) is 1. The lowest BCUT2D eigenvalue weighted by molar-refractivity contribution is 0.557. The van der Waals surface area contributed by atoms with Crippen LogP contribution in [0.15, 0.2) is 34.4 Å². The number of hydrogen-bond acceptors (Lipinski definition) is 4. The molecular formula is C12H14BrN3S. The summed E-state index contributed by atoms with van der Waals surface area (Å²) < 4.78 is 0.994. The molecule has 90 valence electrons. The maximum absolute atomic E-state index is 5.64. The quantitative estimate of drug-likeness (QED) is 0.674. The van der Waals surface area contributed by atoms with Crippen LogP contribution in [0.1, 0.15) is 22.0 Å². The fourth-order valence-corrected chi connectivity index (χ4v) is 3.17. The molecule has 0 amide bonds. The van der Waals surface area contributed by atoms with E-state index in [-0.39, 0.29) is 6.04 Å². The molecule has 2 aromatic heterocycles. The first-order valence-electron chi connectivity index (χ1n) is 5.30. The van der Waals surface area contributed by atoms with Crippen molar-refractivity contribution in [2.75, 3.05) is 0 Å². The van der Waals surface area contributed by atoms with E-state index in [1.165, 1.54) is 10.4 Å². The standard InChI is InChI=1S/C12H14BrN3S/c1-8-2-3-17-12(8)11(16-14)5-9-4-10(13)7-15-6-9/h2-4,6-7,11,16H,5,14H2,1H3. The average Bonchev–Trinajstić information content (AvgIpc) is 2.72. The van der Waals surface area contributed by atoms with E-state index in [2.05, 4.69) is 50.8 Å². The topological polar surface area (TPSA) is 50.9 Å². The molecule has 0 saturated heterocycles. The van der Waals surface area contributed by atoms with Gasteiger partial charge >= 0.3 is 0 Å². The first kappa shape index (κ1) is 12.7. The summed E-state index contributed by atoms with van der Waals surface area (Å²) in [6.07, 6.45) is 4.49. The van der Waals surface area contributed by atoms with Crippen molar-refractivity contribution in [2.24, 2.45) is 5.84 Å². The second-order valence-corrected chi connectivity index (χ2v) is 5.77. The first-order chi connectivity index (χ1) is 8.20. The molecule has 0 bridgehead atoms. The Hall–Kier alpha value is -0.750. The van der Waals surface area contributed by atoms with Crippen LogP contribution in [0, 0.1) is 6.92 Å². The van der Waals surface area contributed by atoms with Gasteiger partial charge in [-0.3, -0.25) is 16.3 Å². The molecule has 2 rings (SSSR count). The molecule has 3 N–H and O–H groups in total. The van der Waals surface area contributed by atoms with Crippen molar-refractivity contribution in [2.45, 2.75) is 19.4 Å². The van der Waals surface area contributed by atoms with Gasteiger partial charge in [-0.2, -0.15) is 0 Å². The predicted octanol–water partition coefficient (Wildman–Crippen LogP) is 2.96. The molecule has 0 aromatic carbocycles. The molecule has 0 aliphatic heterocycles. The van der Waals surface area contributed by atoms with Crippen molar-refractivity contribution in [1.82, 2.24) is 10.4 Å². The summed E-state index contributed by atoms with van der Waals surface area (Å²) in [7, 11) is 0. The normalized spacial score (nSPS) is 12.6. The largest absolute Gasteiger partial charge is 0.271 e. The van der Waals surface area contributed by atoms with Crippen LogP contribution in [0.4, 0.5) is 0 Å². The van der Waals surface area contributed by atoms with Crippen LogP contribution in [0.2, 0.25) is 0 Å². The highest BCUT2D eigenvalue weighted by Crippen LogP contribution is 2.26. The molecular weight excluding hydrogens is 298 g/mol. The van der Waals surface area contributed by atoms with Gasteiger partial charge in [0.25, 0.3) is 0 Å². The van der Waals surface area contributed by atoms with E-state index in [9.17, 15) is 0 Å². The van der Waals surface area contributed by atoms with Crippen molar-refractivity contribution in [3.05, 3.63) is 50.4 Å². The molecule has 1 unspecified atom stereocenters. The Morgan fingerprint density at radius 1 is 1.53 bits per heavy atom. The Labute approximate surface area is 113 Å². The minimum atomic E-state index is 0.145. The lowest BCUT2D eigenvalue weighted by atomic mass is 10.0. The molecule has 0 aliphatic carbocycles. The van der Waals surface area contributed by atoms with Gasteiger partial charge in [-0.15, -0.1) is 11.3 Å². The lowest BCUT2D eigenvalue weighted by Crippen LogP contribution is -2.29. The number of aryl methyl sites for hydroxylation is 1.